The lowest BCUT2D eigenvalue weighted by Crippen LogP contribution is -2.43. The molecule has 0 bridgehead atoms. The molecule has 0 radical (unpaired) electrons. The first-order valence-electron chi connectivity index (χ1n) is 7.22. The number of ketones is 1. The third-order valence-corrected chi connectivity index (χ3v) is 4.43. The quantitative estimate of drug-likeness (QED) is 0.766. The average Bonchev–Trinajstić information content (AvgIpc) is 2.99. The van der Waals surface area contributed by atoms with Crippen molar-refractivity contribution in [1.29, 1.82) is 0 Å². The van der Waals surface area contributed by atoms with Crippen molar-refractivity contribution in [3.05, 3.63) is 57.2 Å². The Balaban J connectivity index is 1.86. The summed E-state index contributed by atoms with van der Waals surface area (Å²) in [7, 11) is 0. The van der Waals surface area contributed by atoms with Crippen molar-refractivity contribution in [2.45, 2.75) is 19.4 Å². The predicted octanol–water partition coefficient (Wildman–Crippen LogP) is 2.87. The van der Waals surface area contributed by atoms with Gasteiger partial charge in [0.15, 0.2) is 12.4 Å². The minimum atomic E-state index is -0.658. The first-order valence-corrected chi connectivity index (χ1v) is 8.41. The number of carbonyl (C=O) groups is 3. The van der Waals surface area contributed by atoms with Gasteiger partial charge in [0.25, 0.3) is 5.91 Å². The number of benzene rings is 1. The van der Waals surface area contributed by atoms with Gasteiger partial charge in [-0.05, 0) is 31.0 Å². The summed E-state index contributed by atoms with van der Waals surface area (Å²) in [5.74, 6) is -1.31. The van der Waals surface area contributed by atoms with Crippen LogP contribution in [0.1, 0.15) is 22.2 Å². The SMILES string of the molecule is CC(=O)[C@@H](Cc1ccccc1)NC(=O)COC(=O)c1ccc(Cl)s1. The number of amides is 1. The summed E-state index contributed by atoms with van der Waals surface area (Å²) in [6, 6.07) is 11.8. The highest BCUT2D eigenvalue weighted by atomic mass is 35.5. The molecule has 1 amide bonds. The van der Waals surface area contributed by atoms with E-state index < -0.39 is 24.5 Å². The Morgan fingerprint density at radius 2 is 1.88 bits per heavy atom. The Morgan fingerprint density at radius 3 is 2.46 bits per heavy atom. The minimum absolute atomic E-state index is 0.163. The number of ether oxygens (including phenoxy) is 1. The van der Waals surface area contributed by atoms with Gasteiger partial charge in [-0.25, -0.2) is 4.79 Å². The van der Waals surface area contributed by atoms with Crippen LogP contribution in [0.4, 0.5) is 0 Å². The van der Waals surface area contributed by atoms with Gasteiger partial charge >= 0.3 is 5.97 Å². The molecule has 0 saturated heterocycles. The molecule has 1 heterocycles. The van der Waals surface area contributed by atoms with Crippen molar-refractivity contribution >= 4 is 40.6 Å². The van der Waals surface area contributed by atoms with Crippen LogP contribution in [0.2, 0.25) is 4.34 Å². The van der Waals surface area contributed by atoms with Crippen LogP contribution in [0, 0.1) is 0 Å². The van der Waals surface area contributed by atoms with Crippen LogP contribution in [0.15, 0.2) is 42.5 Å². The maximum Gasteiger partial charge on any atom is 0.348 e. The Labute approximate surface area is 148 Å². The molecule has 5 nitrogen and oxygen atoms in total. The third-order valence-electron chi connectivity index (χ3n) is 3.22. The van der Waals surface area contributed by atoms with Crippen molar-refractivity contribution in [3.8, 4) is 0 Å². The summed E-state index contributed by atoms with van der Waals surface area (Å²) in [6.07, 6.45) is 0.385. The Hall–Kier alpha value is -2.18. The fraction of sp³-hybridized carbons (Fsp3) is 0.235. The fourth-order valence-electron chi connectivity index (χ4n) is 2.01. The van der Waals surface area contributed by atoms with Gasteiger partial charge in [0.2, 0.25) is 0 Å². The maximum absolute atomic E-state index is 11.9. The number of halogens is 1. The van der Waals surface area contributed by atoms with E-state index in [2.05, 4.69) is 5.32 Å². The molecule has 0 aliphatic heterocycles. The van der Waals surface area contributed by atoms with Gasteiger partial charge in [-0.2, -0.15) is 0 Å². The zero-order valence-electron chi connectivity index (χ0n) is 13.0. The van der Waals surface area contributed by atoms with Crippen LogP contribution in [0.25, 0.3) is 0 Å². The molecule has 0 aliphatic carbocycles. The van der Waals surface area contributed by atoms with Gasteiger partial charge in [0, 0.05) is 0 Å². The van der Waals surface area contributed by atoms with Crippen molar-refractivity contribution in [2.75, 3.05) is 6.61 Å². The molecule has 24 heavy (non-hydrogen) atoms. The highest BCUT2D eigenvalue weighted by Crippen LogP contribution is 2.21. The highest BCUT2D eigenvalue weighted by Gasteiger charge is 2.19. The van der Waals surface area contributed by atoms with E-state index in [1.54, 1.807) is 6.07 Å². The van der Waals surface area contributed by atoms with Crippen molar-refractivity contribution in [2.24, 2.45) is 0 Å². The molecule has 7 heteroatoms. The molecule has 1 aromatic carbocycles. The van der Waals surface area contributed by atoms with Crippen LogP contribution < -0.4 is 5.32 Å². The summed E-state index contributed by atoms with van der Waals surface area (Å²) >= 11 is 6.82. The molecule has 2 rings (SSSR count). The molecule has 2 aromatic rings. The van der Waals surface area contributed by atoms with E-state index in [1.165, 1.54) is 13.0 Å². The van der Waals surface area contributed by atoms with Gasteiger partial charge in [-0.3, -0.25) is 9.59 Å². The fourth-order valence-corrected chi connectivity index (χ4v) is 2.95. The largest absolute Gasteiger partial charge is 0.451 e. The molecule has 1 atom stereocenters. The summed E-state index contributed by atoms with van der Waals surface area (Å²) in [5, 5.41) is 2.59. The lowest BCUT2D eigenvalue weighted by atomic mass is 10.0. The average molecular weight is 366 g/mol. The highest BCUT2D eigenvalue weighted by molar-refractivity contribution is 7.17. The Bertz CT molecular complexity index is 729. The van der Waals surface area contributed by atoms with Gasteiger partial charge in [-0.1, -0.05) is 41.9 Å². The Kier molecular flexibility index (Phi) is 6.52. The predicted molar refractivity (Wildman–Crippen MR) is 92.4 cm³/mol. The van der Waals surface area contributed by atoms with Crippen LogP contribution in [0.3, 0.4) is 0 Å². The van der Waals surface area contributed by atoms with E-state index in [1.807, 2.05) is 30.3 Å². The molecule has 1 N–H and O–H groups in total. The number of thiophene rings is 1. The van der Waals surface area contributed by atoms with Gasteiger partial charge in [0.1, 0.15) is 4.88 Å². The second-order valence-electron chi connectivity index (χ2n) is 5.10. The van der Waals surface area contributed by atoms with Gasteiger partial charge < -0.3 is 10.1 Å². The van der Waals surface area contributed by atoms with E-state index in [9.17, 15) is 14.4 Å². The zero-order valence-corrected chi connectivity index (χ0v) is 14.5. The number of hydrogen-bond donors (Lipinski definition) is 1. The number of esters is 1. The van der Waals surface area contributed by atoms with E-state index in [0.717, 1.165) is 16.9 Å². The molecular formula is C17H16ClNO4S. The lowest BCUT2D eigenvalue weighted by Gasteiger charge is -2.16. The topological polar surface area (TPSA) is 72.5 Å². The smallest absolute Gasteiger partial charge is 0.348 e. The number of rotatable bonds is 7. The number of Topliss-reactive ketones (excluding diaryl/α,β-unsaturated/α-hetero) is 1. The zero-order chi connectivity index (χ0) is 17.5. The molecule has 1 aromatic heterocycles. The molecule has 0 saturated carbocycles. The first-order chi connectivity index (χ1) is 11.5. The first kappa shape index (κ1) is 18.2. The lowest BCUT2D eigenvalue weighted by molar-refractivity contribution is -0.128. The van der Waals surface area contributed by atoms with E-state index in [-0.39, 0.29) is 5.78 Å². The maximum atomic E-state index is 11.9. The van der Waals surface area contributed by atoms with Gasteiger partial charge in [-0.15, -0.1) is 11.3 Å². The van der Waals surface area contributed by atoms with Crippen LogP contribution >= 0.6 is 22.9 Å². The molecule has 126 valence electrons. The summed E-state index contributed by atoms with van der Waals surface area (Å²) in [5.41, 5.74) is 0.934. The summed E-state index contributed by atoms with van der Waals surface area (Å²) < 4.78 is 5.39. The molecule has 0 fully saturated rings. The second kappa shape index (κ2) is 8.61. The molecule has 0 spiro atoms. The molecular weight excluding hydrogens is 350 g/mol. The third kappa shape index (κ3) is 5.47. The Morgan fingerprint density at radius 1 is 1.17 bits per heavy atom. The van der Waals surface area contributed by atoms with Crippen LogP contribution in [0.5, 0.6) is 0 Å². The molecule has 0 unspecified atom stereocenters. The minimum Gasteiger partial charge on any atom is -0.451 e. The second-order valence-corrected chi connectivity index (χ2v) is 6.82. The summed E-state index contributed by atoms with van der Waals surface area (Å²) in [4.78, 5) is 35.7. The molecule has 0 aliphatic rings. The van der Waals surface area contributed by atoms with Gasteiger partial charge in [0.05, 0.1) is 10.4 Å². The number of nitrogens with one attached hydrogen (secondary N) is 1. The number of carbonyl (C=O) groups excluding carboxylic acids is 3. The van der Waals surface area contributed by atoms with E-state index in [4.69, 9.17) is 16.3 Å². The summed E-state index contributed by atoms with van der Waals surface area (Å²) in [6.45, 7) is 0.959. The van der Waals surface area contributed by atoms with E-state index in [0.29, 0.717) is 15.6 Å². The monoisotopic (exact) mass is 365 g/mol. The van der Waals surface area contributed by atoms with E-state index >= 15 is 0 Å². The van der Waals surface area contributed by atoms with Crippen molar-refractivity contribution < 1.29 is 19.1 Å². The standard InChI is InChI=1S/C17H16ClNO4S/c1-11(20)13(9-12-5-3-2-4-6-12)19-16(21)10-23-17(22)14-7-8-15(18)24-14/h2-8,13H,9-10H2,1H3,(H,19,21)/t13-/m1/s1. The van der Waals surface area contributed by atoms with Crippen LogP contribution in [-0.4, -0.2) is 30.3 Å². The van der Waals surface area contributed by atoms with Crippen LogP contribution in [-0.2, 0) is 20.7 Å². The van der Waals surface area contributed by atoms with Crippen molar-refractivity contribution in [3.63, 3.8) is 0 Å². The van der Waals surface area contributed by atoms with Crippen molar-refractivity contribution in [1.82, 2.24) is 5.32 Å². The normalized spacial score (nSPS) is 11.6. The number of hydrogen-bond acceptors (Lipinski definition) is 5.